The maximum atomic E-state index is 15.8. The standard InChI is InChI=1S/C29H35F4N7O3/c1-16-13-40(14-17(2)38(16)3)25-9-23(30)20(18-5-6-39(15-18)28-35-10-19(43-4)11-36-28)7-24(25)37-27(42)21-12-34-26(41)8-22(21)29(31,32)33/h5,7,9-11,16-17,21-22H,6,8,12-15H2,1-4H3,(H,34,41)(H,37,42)/t16-,17+,21?,22?. The molecule has 2 saturated heterocycles. The predicted molar refractivity (Wildman–Crippen MR) is 153 cm³/mol. The number of hydrogen-bond acceptors (Lipinski definition) is 8. The smallest absolute Gasteiger partial charge is 0.393 e. The van der Waals surface area contributed by atoms with Gasteiger partial charge >= 0.3 is 6.18 Å². The molecule has 2 fully saturated rings. The number of ether oxygens (including phenoxy) is 1. The van der Waals surface area contributed by atoms with Gasteiger partial charge in [0.2, 0.25) is 17.8 Å². The molecule has 3 aliphatic rings. The minimum atomic E-state index is -4.74. The first-order chi connectivity index (χ1) is 20.3. The number of piperazine rings is 1. The lowest BCUT2D eigenvalue weighted by Gasteiger charge is -2.44. The average Bonchev–Trinajstić information content (AvgIpc) is 3.46. The van der Waals surface area contributed by atoms with E-state index in [0.717, 1.165) is 0 Å². The number of carbonyl (C=O) groups excluding carboxylic acids is 2. The Kier molecular flexibility index (Phi) is 8.50. The second-order valence-electron chi connectivity index (χ2n) is 11.4. The number of amides is 2. The van der Waals surface area contributed by atoms with E-state index in [0.29, 0.717) is 42.6 Å². The highest BCUT2D eigenvalue weighted by Gasteiger charge is 2.50. The van der Waals surface area contributed by atoms with E-state index in [-0.39, 0.29) is 29.9 Å². The maximum Gasteiger partial charge on any atom is 0.393 e. The van der Waals surface area contributed by atoms with Crippen molar-refractivity contribution in [1.82, 2.24) is 20.2 Å². The largest absolute Gasteiger partial charge is 0.494 e. The van der Waals surface area contributed by atoms with Crippen molar-refractivity contribution >= 4 is 34.7 Å². The Morgan fingerprint density at radius 1 is 1.12 bits per heavy atom. The van der Waals surface area contributed by atoms with Gasteiger partial charge in [0.05, 0.1) is 42.7 Å². The summed E-state index contributed by atoms with van der Waals surface area (Å²) in [7, 11) is 3.51. The van der Waals surface area contributed by atoms with Gasteiger partial charge in [-0.1, -0.05) is 6.08 Å². The van der Waals surface area contributed by atoms with Gasteiger partial charge < -0.3 is 25.2 Å². The second kappa shape index (κ2) is 12.0. The van der Waals surface area contributed by atoms with Crippen LogP contribution in [0.5, 0.6) is 5.75 Å². The highest BCUT2D eigenvalue weighted by molar-refractivity contribution is 5.98. The van der Waals surface area contributed by atoms with Crippen LogP contribution in [0.25, 0.3) is 5.57 Å². The van der Waals surface area contributed by atoms with Crippen LogP contribution in [0.2, 0.25) is 0 Å². The number of rotatable bonds is 6. The van der Waals surface area contributed by atoms with Crippen LogP contribution in [0.1, 0.15) is 25.8 Å². The van der Waals surface area contributed by atoms with Gasteiger partial charge in [0.1, 0.15) is 5.82 Å². The lowest BCUT2D eigenvalue weighted by Crippen LogP contribution is -2.55. The molecule has 43 heavy (non-hydrogen) atoms. The molecule has 0 saturated carbocycles. The molecule has 14 heteroatoms. The second-order valence-corrected chi connectivity index (χ2v) is 11.4. The number of aromatic nitrogens is 2. The van der Waals surface area contributed by atoms with E-state index in [2.05, 4.69) is 25.5 Å². The van der Waals surface area contributed by atoms with E-state index in [1.807, 2.05) is 36.8 Å². The summed E-state index contributed by atoms with van der Waals surface area (Å²) in [6.45, 7) is 5.36. The van der Waals surface area contributed by atoms with E-state index >= 15 is 4.39 Å². The molecule has 4 heterocycles. The summed E-state index contributed by atoms with van der Waals surface area (Å²) >= 11 is 0. The fraction of sp³-hybridized carbons (Fsp3) is 0.517. The van der Waals surface area contributed by atoms with Crippen molar-refractivity contribution in [1.29, 1.82) is 0 Å². The molecule has 4 atom stereocenters. The number of nitrogens with one attached hydrogen (secondary N) is 2. The third kappa shape index (κ3) is 6.38. The zero-order chi connectivity index (χ0) is 31.1. The number of anilines is 3. The molecule has 3 aliphatic heterocycles. The summed E-state index contributed by atoms with van der Waals surface area (Å²) in [6, 6.07) is 3.04. The number of benzene rings is 1. The average molecular weight is 606 g/mol. The summed E-state index contributed by atoms with van der Waals surface area (Å²) in [5.74, 6) is -4.89. The zero-order valence-corrected chi connectivity index (χ0v) is 24.4. The van der Waals surface area contributed by atoms with Crippen LogP contribution in [0, 0.1) is 17.7 Å². The molecule has 0 aliphatic carbocycles. The monoisotopic (exact) mass is 605 g/mol. The Balaban J connectivity index is 1.46. The van der Waals surface area contributed by atoms with Gasteiger partial charge in [-0.25, -0.2) is 14.4 Å². The zero-order valence-electron chi connectivity index (χ0n) is 24.4. The third-order valence-corrected chi connectivity index (χ3v) is 8.61. The molecule has 0 radical (unpaired) electrons. The molecule has 232 valence electrons. The SMILES string of the molecule is COc1cnc(N2CC=C(c3cc(NC(=O)C4CNC(=O)CC4C(F)(F)F)c(N4C[C@@H](C)N(C)[C@@H](C)C4)cc3F)C2)nc1. The molecule has 0 bridgehead atoms. The molecule has 0 spiro atoms. The van der Waals surface area contributed by atoms with E-state index in [4.69, 9.17) is 4.74 Å². The summed E-state index contributed by atoms with van der Waals surface area (Å²) in [4.78, 5) is 39.7. The number of nitrogens with zero attached hydrogens (tertiary/aromatic N) is 5. The summed E-state index contributed by atoms with van der Waals surface area (Å²) in [5, 5.41) is 5.07. The maximum absolute atomic E-state index is 15.8. The minimum absolute atomic E-state index is 0.105. The van der Waals surface area contributed by atoms with Gasteiger partial charge in [0.25, 0.3) is 0 Å². The molecule has 10 nitrogen and oxygen atoms in total. The predicted octanol–water partition coefficient (Wildman–Crippen LogP) is 3.31. The van der Waals surface area contributed by atoms with Crippen LogP contribution in [-0.4, -0.2) is 91.8 Å². The van der Waals surface area contributed by atoms with Crippen molar-refractivity contribution in [3.05, 3.63) is 42.0 Å². The van der Waals surface area contributed by atoms with Gasteiger partial charge in [-0.15, -0.1) is 0 Å². The van der Waals surface area contributed by atoms with Crippen molar-refractivity contribution < 1.29 is 31.9 Å². The Hall–Kier alpha value is -3.94. The first-order valence-electron chi connectivity index (χ1n) is 14.1. The van der Waals surface area contributed by atoms with Gasteiger partial charge in [-0.3, -0.25) is 14.5 Å². The van der Waals surface area contributed by atoms with Gasteiger partial charge in [0.15, 0.2) is 5.75 Å². The van der Waals surface area contributed by atoms with Crippen LogP contribution in [0.4, 0.5) is 34.9 Å². The molecule has 2 unspecified atom stereocenters. The van der Waals surface area contributed by atoms with Gasteiger partial charge in [-0.05, 0) is 38.6 Å². The number of carbonyl (C=O) groups is 2. The van der Waals surface area contributed by atoms with E-state index < -0.39 is 48.6 Å². The molecule has 2 aromatic rings. The van der Waals surface area contributed by atoms with E-state index in [1.165, 1.54) is 31.6 Å². The Morgan fingerprint density at radius 3 is 2.42 bits per heavy atom. The number of likely N-dealkylation sites (N-methyl/N-ethyl adjacent to an activating group) is 1. The molecular weight excluding hydrogens is 570 g/mol. The summed E-state index contributed by atoms with van der Waals surface area (Å²) < 4.78 is 62.5. The quantitative estimate of drug-likeness (QED) is 0.484. The lowest BCUT2D eigenvalue weighted by molar-refractivity contribution is -0.197. The van der Waals surface area contributed by atoms with Crippen LogP contribution >= 0.6 is 0 Å². The van der Waals surface area contributed by atoms with Crippen LogP contribution in [0.15, 0.2) is 30.6 Å². The molecule has 1 aromatic carbocycles. The van der Waals surface area contributed by atoms with Gasteiger partial charge in [-0.2, -0.15) is 13.2 Å². The molecule has 5 rings (SSSR count). The normalized spacial score (nSPS) is 24.9. The van der Waals surface area contributed by atoms with Crippen molar-refractivity contribution in [2.24, 2.45) is 11.8 Å². The number of hydrogen-bond donors (Lipinski definition) is 2. The van der Waals surface area contributed by atoms with Crippen molar-refractivity contribution in [3.8, 4) is 5.75 Å². The highest BCUT2D eigenvalue weighted by Crippen LogP contribution is 2.39. The Bertz CT molecular complexity index is 1390. The minimum Gasteiger partial charge on any atom is -0.494 e. The van der Waals surface area contributed by atoms with Crippen molar-refractivity contribution in [2.75, 3.05) is 62.0 Å². The first-order valence-corrected chi connectivity index (χ1v) is 14.1. The molecule has 2 amide bonds. The van der Waals surface area contributed by atoms with Crippen molar-refractivity contribution in [3.63, 3.8) is 0 Å². The van der Waals surface area contributed by atoms with Crippen LogP contribution in [-0.2, 0) is 9.59 Å². The fourth-order valence-electron chi connectivity index (χ4n) is 5.88. The number of alkyl halides is 3. The number of halogens is 4. The van der Waals surface area contributed by atoms with Crippen LogP contribution in [0.3, 0.4) is 0 Å². The summed E-state index contributed by atoms with van der Waals surface area (Å²) in [5.41, 5.74) is 1.44. The third-order valence-electron chi connectivity index (χ3n) is 8.61. The van der Waals surface area contributed by atoms with E-state index in [1.54, 1.807) is 0 Å². The molecule has 1 aromatic heterocycles. The van der Waals surface area contributed by atoms with Gasteiger partial charge in [0, 0.05) is 56.8 Å². The fourth-order valence-corrected chi connectivity index (χ4v) is 5.88. The Morgan fingerprint density at radius 2 is 1.79 bits per heavy atom. The first kappa shape index (κ1) is 30.5. The van der Waals surface area contributed by atoms with E-state index in [9.17, 15) is 22.8 Å². The van der Waals surface area contributed by atoms with Crippen LogP contribution < -0.4 is 25.2 Å². The van der Waals surface area contributed by atoms with Crippen molar-refractivity contribution in [2.45, 2.75) is 38.5 Å². The highest BCUT2D eigenvalue weighted by atomic mass is 19.4. The lowest BCUT2D eigenvalue weighted by atomic mass is 9.84. The molecular formula is C29H35F4N7O3. The topological polar surface area (TPSA) is 103 Å². The summed E-state index contributed by atoms with van der Waals surface area (Å²) in [6.07, 6.45) is -0.673. The Labute approximate surface area is 247 Å². The number of piperidine rings is 1. The number of methoxy groups -OCH3 is 1. The molecule has 2 N–H and O–H groups in total.